The van der Waals surface area contributed by atoms with Crippen LogP contribution in [0.3, 0.4) is 0 Å². The summed E-state index contributed by atoms with van der Waals surface area (Å²) in [5.74, 6) is 0.113. The summed E-state index contributed by atoms with van der Waals surface area (Å²) in [6, 6.07) is 5.51. The van der Waals surface area contributed by atoms with Crippen molar-refractivity contribution in [2.75, 3.05) is 39.8 Å². The molecule has 0 aromatic heterocycles. The first kappa shape index (κ1) is 18.1. The molecule has 1 aliphatic carbocycles. The number of amides is 1. The number of carbonyl (C=O) groups is 1. The minimum Gasteiger partial charge on any atom is -0.494 e. The van der Waals surface area contributed by atoms with Crippen molar-refractivity contribution in [3.8, 4) is 5.75 Å². The minimum atomic E-state index is -0.317. The summed E-state index contributed by atoms with van der Waals surface area (Å²) in [4.78, 5) is 16.6. The molecule has 0 spiro atoms. The van der Waals surface area contributed by atoms with Gasteiger partial charge in [0.2, 0.25) is 5.91 Å². The Morgan fingerprint density at radius 3 is 2.52 bits per heavy atom. The van der Waals surface area contributed by atoms with E-state index in [0.717, 1.165) is 51.1 Å². The monoisotopic (exact) mass is 349 g/mol. The normalized spacial score (nSPS) is 19.9. The highest BCUT2D eigenvalue weighted by molar-refractivity contribution is 5.78. The molecule has 1 aromatic carbocycles. The molecule has 1 aliphatic heterocycles. The number of benzene rings is 1. The van der Waals surface area contributed by atoms with Gasteiger partial charge in [-0.3, -0.25) is 14.6 Å². The third-order valence-electron chi connectivity index (χ3n) is 5.17. The van der Waals surface area contributed by atoms with Crippen molar-refractivity contribution in [1.29, 1.82) is 0 Å². The second-order valence-electron chi connectivity index (χ2n) is 7.07. The maximum absolute atomic E-state index is 13.8. The van der Waals surface area contributed by atoms with E-state index in [1.165, 1.54) is 20.0 Å². The molecule has 1 aromatic rings. The van der Waals surface area contributed by atoms with E-state index in [-0.39, 0.29) is 17.5 Å². The highest BCUT2D eigenvalue weighted by Crippen LogP contribution is 2.19. The van der Waals surface area contributed by atoms with E-state index in [9.17, 15) is 9.18 Å². The third kappa shape index (κ3) is 5.16. The van der Waals surface area contributed by atoms with Crippen LogP contribution in [0.15, 0.2) is 18.2 Å². The summed E-state index contributed by atoms with van der Waals surface area (Å²) in [7, 11) is 1.47. The number of carbonyl (C=O) groups excluding carboxylic acids is 1. The number of halogens is 1. The number of methoxy groups -OCH3 is 1. The zero-order valence-electron chi connectivity index (χ0n) is 15.0. The number of ether oxygens (including phenoxy) is 1. The molecule has 0 unspecified atom stereocenters. The molecule has 3 rings (SSSR count). The fourth-order valence-electron chi connectivity index (χ4n) is 3.72. The molecule has 6 heteroatoms. The van der Waals surface area contributed by atoms with Gasteiger partial charge < -0.3 is 10.1 Å². The Balaban J connectivity index is 1.40. The minimum absolute atomic E-state index is 0.151. The zero-order chi connectivity index (χ0) is 17.6. The zero-order valence-corrected chi connectivity index (χ0v) is 15.0. The molecule has 25 heavy (non-hydrogen) atoms. The Bertz CT molecular complexity index is 582. The summed E-state index contributed by atoms with van der Waals surface area (Å²) in [6.45, 7) is 4.74. The summed E-state index contributed by atoms with van der Waals surface area (Å²) < 4.78 is 18.7. The van der Waals surface area contributed by atoms with E-state index in [4.69, 9.17) is 4.74 Å². The summed E-state index contributed by atoms with van der Waals surface area (Å²) in [5, 5.41) is 3.15. The van der Waals surface area contributed by atoms with Crippen LogP contribution in [0.5, 0.6) is 5.75 Å². The molecule has 2 fully saturated rings. The quantitative estimate of drug-likeness (QED) is 0.853. The van der Waals surface area contributed by atoms with Crippen molar-refractivity contribution < 1.29 is 13.9 Å². The first-order valence-electron chi connectivity index (χ1n) is 9.20. The van der Waals surface area contributed by atoms with Gasteiger partial charge in [-0.15, -0.1) is 0 Å². The number of nitrogens with one attached hydrogen (secondary N) is 1. The Morgan fingerprint density at radius 2 is 1.88 bits per heavy atom. The van der Waals surface area contributed by atoms with E-state index in [0.29, 0.717) is 12.6 Å². The fraction of sp³-hybridized carbons (Fsp3) is 0.632. The summed E-state index contributed by atoms with van der Waals surface area (Å²) in [5.41, 5.74) is 0.950. The molecule has 1 amide bonds. The predicted molar refractivity (Wildman–Crippen MR) is 95.1 cm³/mol. The highest BCUT2D eigenvalue weighted by Gasteiger charge is 2.22. The average Bonchev–Trinajstić information content (AvgIpc) is 3.10. The number of rotatable bonds is 6. The maximum Gasteiger partial charge on any atom is 0.234 e. The Morgan fingerprint density at radius 1 is 1.20 bits per heavy atom. The van der Waals surface area contributed by atoms with Crippen molar-refractivity contribution in [2.24, 2.45) is 0 Å². The molecule has 0 bridgehead atoms. The van der Waals surface area contributed by atoms with E-state index in [2.05, 4.69) is 15.1 Å². The number of hydrogen-bond donors (Lipinski definition) is 1. The van der Waals surface area contributed by atoms with Crippen molar-refractivity contribution in [1.82, 2.24) is 15.1 Å². The van der Waals surface area contributed by atoms with Gasteiger partial charge in [0.15, 0.2) is 11.6 Å². The van der Waals surface area contributed by atoms with Crippen LogP contribution in [-0.4, -0.2) is 61.6 Å². The lowest BCUT2D eigenvalue weighted by molar-refractivity contribution is -0.123. The van der Waals surface area contributed by atoms with E-state index < -0.39 is 0 Å². The SMILES string of the molecule is COc1ccc(CN2CCN(CC(=O)NC3CCCC3)CC2)cc1F. The van der Waals surface area contributed by atoms with Crippen molar-refractivity contribution in [3.63, 3.8) is 0 Å². The van der Waals surface area contributed by atoms with Gasteiger partial charge in [0.25, 0.3) is 0 Å². The van der Waals surface area contributed by atoms with Crippen LogP contribution in [-0.2, 0) is 11.3 Å². The second-order valence-corrected chi connectivity index (χ2v) is 7.07. The molecule has 1 N–H and O–H groups in total. The van der Waals surface area contributed by atoms with Crippen LogP contribution < -0.4 is 10.1 Å². The van der Waals surface area contributed by atoms with Crippen LogP contribution in [0.1, 0.15) is 31.2 Å². The van der Waals surface area contributed by atoms with Crippen molar-refractivity contribution >= 4 is 5.91 Å². The van der Waals surface area contributed by atoms with Crippen LogP contribution in [0, 0.1) is 5.82 Å². The van der Waals surface area contributed by atoms with Gasteiger partial charge in [-0.05, 0) is 30.5 Å². The van der Waals surface area contributed by atoms with Gasteiger partial charge in [-0.2, -0.15) is 0 Å². The summed E-state index contributed by atoms with van der Waals surface area (Å²) in [6.07, 6.45) is 4.71. The van der Waals surface area contributed by atoms with Gasteiger partial charge in [0.05, 0.1) is 13.7 Å². The number of hydrogen-bond acceptors (Lipinski definition) is 4. The second kappa shape index (κ2) is 8.63. The van der Waals surface area contributed by atoms with E-state index in [1.807, 2.05) is 6.07 Å². The molecule has 5 nitrogen and oxygen atoms in total. The lowest BCUT2D eigenvalue weighted by Crippen LogP contribution is -2.50. The molecular formula is C19H28FN3O2. The van der Waals surface area contributed by atoms with Crippen molar-refractivity contribution in [2.45, 2.75) is 38.3 Å². The van der Waals surface area contributed by atoms with Gasteiger partial charge in [0.1, 0.15) is 0 Å². The standard InChI is InChI=1S/C19H28FN3O2/c1-25-18-7-6-15(12-17(18)20)13-22-8-10-23(11-9-22)14-19(24)21-16-4-2-3-5-16/h6-7,12,16H,2-5,8-11,13-14H2,1H3,(H,21,24). The average molecular weight is 349 g/mol. The lowest BCUT2D eigenvalue weighted by atomic mass is 10.2. The topological polar surface area (TPSA) is 44.8 Å². The molecule has 1 saturated heterocycles. The molecule has 1 saturated carbocycles. The van der Waals surface area contributed by atoms with E-state index in [1.54, 1.807) is 12.1 Å². The molecular weight excluding hydrogens is 321 g/mol. The number of piperazine rings is 1. The van der Waals surface area contributed by atoms with Gasteiger partial charge >= 0.3 is 0 Å². The first-order valence-corrected chi connectivity index (χ1v) is 9.20. The van der Waals surface area contributed by atoms with Crippen LogP contribution in [0.25, 0.3) is 0 Å². The fourth-order valence-corrected chi connectivity index (χ4v) is 3.72. The Hall–Kier alpha value is -1.66. The number of nitrogens with zero attached hydrogens (tertiary/aromatic N) is 2. The first-order chi connectivity index (χ1) is 12.1. The van der Waals surface area contributed by atoms with Gasteiger partial charge in [-0.25, -0.2) is 4.39 Å². The molecule has 1 heterocycles. The smallest absolute Gasteiger partial charge is 0.234 e. The molecule has 0 atom stereocenters. The Labute approximate surface area is 149 Å². The van der Waals surface area contributed by atoms with Gasteiger partial charge in [-0.1, -0.05) is 18.9 Å². The third-order valence-corrected chi connectivity index (χ3v) is 5.17. The molecule has 0 radical (unpaired) electrons. The van der Waals surface area contributed by atoms with Crippen LogP contribution >= 0.6 is 0 Å². The van der Waals surface area contributed by atoms with Gasteiger partial charge in [0, 0.05) is 38.8 Å². The van der Waals surface area contributed by atoms with Crippen LogP contribution in [0.2, 0.25) is 0 Å². The summed E-state index contributed by atoms with van der Waals surface area (Å²) >= 11 is 0. The van der Waals surface area contributed by atoms with E-state index >= 15 is 0 Å². The largest absolute Gasteiger partial charge is 0.494 e. The lowest BCUT2D eigenvalue weighted by Gasteiger charge is -2.34. The van der Waals surface area contributed by atoms with Crippen molar-refractivity contribution in [3.05, 3.63) is 29.6 Å². The molecule has 138 valence electrons. The highest BCUT2D eigenvalue weighted by atomic mass is 19.1. The Kier molecular flexibility index (Phi) is 6.26. The predicted octanol–water partition coefficient (Wildman–Crippen LogP) is 2.01. The van der Waals surface area contributed by atoms with Crippen LogP contribution in [0.4, 0.5) is 4.39 Å². The molecule has 2 aliphatic rings. The maximum atomic E-state index is 13.8.